The molecule has 4 nitrogen and oxygen atoms in total. The molecule has 27 heavy (non-hydrogen) atoms. The third-order valence-electron chi connectivity index (χ3n) is 5.11. The van der Waals surface area contributed by atoms with E-state index in [1.165, 1.54) is 27.8 Å². The molecule has 0 atom stereocenters. The van der Waals surface area contributed by atoms with E-state index in [1.807, 2.05) is 30.9 Å². The van der Waals surface area contributed by atoms with Crippen LogP contribution in [-0.2, 0) is 6.42 Å². The monoisotopic (exact) mass is 357 g/mol. The summed E-state index contributed by atoms with van der Waals surface area (Å²) < 4.78 is 7.39. The van der Waals surface area contributed by atoms with E-state index in [1.54, 1.807) is 6.20 Å². The Morgan fingerprint density at radius 1 is 0.963 bits per heavy atom. The highest BCUT2D eigenvalue weighted by atomic mass is 16.5. The maximum atomic E-state index is 5.34. The van der Waals surface area contributed by atoms with E-state index in [4.69, 9.17) is 4.52 Å². The van der Waals surface area contributed by atoms with Crippen molar-refractivity contribution < 1.29 is 4.52 Å². The van der Waals surface area contributed by atoms with Crippen molar-refractivity contribution in [2.24, 2.45) is 0 Å². The maximum Gasteiger partial charge on any atom is 0.141 e. The molecule has 0 saturated carbocycles. The van der Waals surface area contributed by atoms with Gasteiger partial charge in [-0.05, 0) is 68.0 Å². The normalized spacial score (nSPS) is 11.1. The average molecular weight is 357 g/mol. The highest BCUT2D eigenvalue weighted by molar-refractivity contribution is 5.69. The summed E-state index contributed by atoms with van der Waals surface area (Å²) in [5, 5.41) is 4.09. The molecule has 136 valence electrons. The molecule has 0 aliphatic carbocycles. The topological polar surface area (TPSA) is 43.9 Å². The van der Waals surface area contributed by atoms with Gasteiger partial charge in [0.15, 0.2) is 0 Å². The van der Waals surface area contributed by atoms with Gasteiger partial charge in [-0.3, -0.25) is 0 Å². The lowest BCUT2D eigenvalue weighted by atomic mass is 9.94. The smallest absolute Gasteiger partial charge is 0.141 e. The minimum absolute atomic E-state index is 0.864. The molecular formula is C23H23N3O. The Bertz CT molecular complexity index is 1070. The van der Waals surface area contributed by atoms with Crippen molar-refractivity contribution >= 4 is 0 Å². The van der Waals surface area contributed by atoms with Gasteiger partial charge in [0.05, 0.1) is 12.0 Å². The molecule has 0 aliphatic rings. The van der Waals surface area contributed by atoms with Gasteiger partial charge in [0.2, 0.25) is 0 Å². The molecule has 0 fully saturated rings. The van der Waals surface area contributed by atoms with Crippen LogP contribution in [0, 0.1) is 27.7 Å². The van der Waals surface area contributed by atoms with E-state index < -0.39 is 0 Å². The first-order valence-corrected chi connectivity index (χ1v) is 9.13. The molecule has 0 N–H and O–H groups in total. The first-order chi connectivity index (χ1) is 13.0. The third-order valence-corrected chi connectivity index (χ3v) is 5.11. The van der Waals surface area contributed by atoms with Crippen molar-refractivity contribution in [2.75, 3.05) is 0 Å². The van der Waals surface area contributed by atoms with Crippen molar-refractivity contribution in [1.82, 2.24) is 14.7 Å². The van der Waals surface area contributed by atoms with Crippen LogP contribution in [0.2, 0.25) is 0 Å². The molecule has 4 aromatic rings. The number of rotatable bonds is 4. The highest BCUT2D eigenvalue weighted by Crippen LogP contribution is 2.29. The number of imidazole rings is 1. The molecule has 4 rings (SSSR count). The molecule has 0 amide bonds. The molecule has 0 aliphatic heterocycles. The molecule has 4 heteroatoms. The predicted molar refractivity (Wildman–Crippen MR) is 107 cm³/mol. The van der Waals surface area contributed by atoms with Crippen LogP contribution in [0.25, 0.3) is 16.8 Å². The molecule has 0 bridgehead atoms. The predicted octanol–water partition coefficient (Wildman–Crippen LogP) is 5.35. The summed E-state index contributed by atoms with van der Waals surface area (Å²) in [5.41, 5.74) is 9.52. The number of nitrogens with zero attached hydrogens (tertiary/aromatic N) is 3. The van der Waals surface area contributed by atoms with Crippen LogP contribution in [-0.4, -0.2) is 14.7 Å². The standard InChI is InChI=1S/C23H23N3O/c1-15-5-7-20(23-17(3)25-27-18(23)4)13-21(15)12-19-6-8-22(16(2)11-19)26-10-9-24-14-26/h5-11,13-14H,12H2,1-4H3. The van der Waals surface area contributed by atoms with E-state index in [2.05, 4.69) is 60.4 Å². The number of benzene rings is 2. The van der Waals surface area contributed by atoms with Crippen LogP contribution >= 0.6 is 0 Å². The second-order valence-corrected chi connectivity index (χ2v) is 7.11. The second kappa shape index (κ2) is 6.88. The van der Waals surface area contributed by atoms with E-state index in [0.29, 0.717) is 0 Å². The number of aromatic nitrogens is 3. The van der Waals surface area contributed by atoms with Crippen LogP contribution in [0.4, 0.5) is 0 Å². The van der Waals surface area contributed by atoms with Gasteiger partial charge in [-0.1, -0.05) is 35.5 Å². The Morgan fingerprint density at radius 3 is 2.48 bits per heavy atom. The summed E-state index contributed by atoms with van der Waals surface area (Å²) in [4.78, 5) is 4.14. The Morgan fingerprint density at radius 2 is 1.81 bits per heavy atom. The summed E-state index contributed by atoms with van der Waals surface area (Å²) in [5.74, 6) is 0.864. The van der Waals surface area contributed by atoms with Gasteiger partial charge in [-0.2, -0.15) is 0 Å². The van der Waals surface area contributed by atoms with Crippen LogP contribution in [0.1, 0.15) is 33.7 Å². The van der Waals surface area contributed by atoms with Gasteiger partial charge in [0.1, 0.15) is 5.76 Å². The van der Waals surface area contributed by atoms with Crippen LogP contribution in [0.3, 0.4) is 0 Å². The van der Waals surface area contributed by atoms with Crippen LogP contribution in [0.15, 0.2) is 59.6 Å². The summed E-state index contributed by atoms with van der Waals surface area (Å²) in [6.07, 6.45) is 6.50. The van der Waals surface area contributed by atoms with Gasteiger partial charge in [-0.15, -0.1) is 0 Å². The Labute approximate surface area is 159 Å². The number of hydrogen-bond donors (Lipinski definition) is 0. The van der Waals surface area contributed by atoms with E-state index in [9.17, 15) is 0 Å². The van der Waals surface area contributed by atoms with Crippen molar-refractivity contribution in [3.05, 3.63) is 88.8 Å². The fraction of sp³-hybridized carbons (Fsp3) is 0.217. The highest BCUT2D eigenvalue weighted by Gasteiger charge is 2.13. The minimum atomic E-state index is 0.864. The SMILES string of the molecule is Cc1ccc(-c2c(C)noc2C)cc1Cc1ccc(-n2ccnc2)c(C)c1. The fourth-order valence-electron chi connectivity index (χ4n) is 3.65. The van der Waals surface area contributed by atoms with Gasteiger partial charge in [0, 0.05) is 23.6 Å². The molecule has 2 heterocycles. The van der Waals surface area contributed by atoms with Gasteiger partial charge in [-0.25, -0.2) is 4.98 Å². The molecule has 0 unspecified atom stereocenters. The van der Waals surface area contributed by atoms with Crippen LogP contribution in [0.5, 0.6) is 0 Å². The minimum Gasteiger partial charge on any atom is -0.361 e. The summed E-state index contributed by atoms with van der Waals surface area (Å²) in [6.45, 7) is 8.27. The number of aryl methyl sites for hydroxylation is 4. The van der Waals surface area contributed by atoms with Crippen molar-refractivity contribution in [2.45, 2.75) is 34.1 Å². The lowest BCUT2D eigenvalue weighted by Gasteiger charge is -2.12. The zero-order valence-corrected chi connectivity index (χ0v) is 16.2. The van der Waals surface area contributed by atoms with E-state index in [-0.39, 0.29) is 0 Å². The van der Waals surface area contributed by atoms with Crippen molar-refractivity contribution in [1.29, 1.82) is 0 Å². The quantitative estimate of drug-likeness (QED) is 0.494. The molecular weight excluding hydrogens is 334 g/mol. The van der Waals surface area contributed by atoms with Gasteiger partial charge in [0.25, 0.3) is 0 Å². The van der Waals surface area contributed by atoms with E-state index in [0.717, 1.165) is 29.1 Å². The molecule has 0 saturated heterocycles. The Balaban J connectivity index is 1.67. The first kappa shape index (κ1) is 17.3. The second-order valence-electron chi connectivity index (χ2n) is 7.11. The van der Waals surface area contributed by atoms with Gasteiger partial charge < -0.3 is 9.09 Å². The molecule has 2 aromatic carbocycles. The lowest BCUT2D eigenvalue weighted by molar-refractivity contribution is 0.393. The molecule has 0 spiro atoms. The molecule has 0 radical (unpaired) electrons. The van der Waals surface area contributed by atoms with Crippen molar-refractivity contribution in [3.8, 4) is 16.8 Å². The van der Waals surface area contributed by atoms with Crippen LogP contribution < -0.4 is 0 Å². The summed E-state index contributed by atoms with van der Waals surface area (Å²) in [7, 11) is 0. The zero-order valence-electron chi connectivity index (χ0n) is 16.2. The van der Waals surface area contributed by atoms with E-state index >= 15 is 0 Å². The third kappa shape index (κ3) is 3.31. The Hall–Kier alpha value is -3.14. The van der Waals surface area contributed by atoms with Gasteiger partial charge >= 0.3 is 0 Å². The maximum absolute atomic E-state index is 5.34. The average Bonchev–Trinajstić information content (AvgIpc) is 3.28. The largest absolute Gasteiger partial charge is 0.361 e. The number of hydrogen-bond acceptors (Lipinski definition) is 3. The lowest BCUT2D eigenvalue weighted by Crippen LogP contribution is -1.98. The Kier molecular flexibility index (Phi) is 4.40. The van der Waals surface area contributed by atoms with Crippen molar-refractivity contribution in [3.63, 3.8) is 0 Å². The first-order valence-electron chi connectivity index (χ1n) is 9.13. The fourth-order valence-corrected chi connectivity index (χ4v) is 3.65. The zero-order chi connectivity index (χ0) is 19.0. The summed E-state index contributed by atoms with van der Waals surface area (Å²) in [6, 6.07) is 13.2. The molecule has 2 aromatic heterocycles. The summed E-state index contributed by atoms with van der Waals surface area (Å²) >= 11 is 0.